The minimum absolute atomic E-state index is 0.0811. The number of rotatable bonds is 4. The number of benzene rings is 1. The molecule has 4 nitrogen and oxygen atoms in total. The number of hydrogen-bond donors (Lipinski definition) is 1. The summed E-state index contributed by atoms with van der Waals surface area (Å²) in [6, 6.07) is 5.35. The fourth-order valence-electron chi connectivity index (χ4n) is 3.74. The summed E-state index contributed by atoms with van der Waals surface area (Å²) in [7, 11) is 0. The first-order valence-corrected chi connectivity index (χ1v) is 9.26. The summed E-state index contributed by atoms with van der Waals surface area (Å²) in [6.45, 7) is 2.43. The Kier molecular flexibility index (Phi) is 5.36. The third kappa shape index (κ3) is 3.70. The van der Waals surface area contributed by atoms with Crippen LogP contribution in [0.15, 0.2) is 18.2 Å². The molecule has 0 radical (unpaired) electrons. The maximum absolute atomic E-state index is 12.6. The Hall–Kier alpha value is -1.26. The third-order valence-corrected chi connectivity index (χ3v) is 5.64. The van der Waals surface area contributed by atoms with Crippen LogP contribution in [0.25, 0.3) is 0 Å². The average Bonchev–Trinajstić information content (AvgIpc) is 3.15. The van der Waals surface area contributed by atoms with E-state index in [-0.39, 0.29) is 23.8 Å². The number of halogens is 2. The van der Waals surface area contributed by atoms with Gasteiger partial charge in [0.1, 0.15) is 0 Å². The smallest absolute Gasteiger partial charge is 0.225 e. The molecule has 6 heteroatoms. The lowest BCUT2D eigenvalue weighted by atomic mass is 10.0. The third-order valence-electron chi connectivity index (χ3n) is 5.08. The van der Waals surface area contributed by atoms with Crippen LogP contribution in [-0.4, -0.2) is 29.3 Å². The van der Waals surface area contributed by atoms with Crippen LogP contribution >= 0.6 is 23.2 Å². The minimum atomic E-state index is -0.272. The zero-order chi connectivity index (χ0) is 17.3. The van der Waals surface area contributed by atoms with E-state index in [1.807, 2.05) is 17.9 Å². The van der Waals surface area contributed by atoms with E-state index < -0.39 is 0 Å². The fraction of sp³-hybridized carbons (Fsp3) is 0.556. The number of amides is 2. The van der Waals surface area contributed by atoms with Crippen LogP contribution in [0.2, 0.25) is 10.0 Å². The van der Waals surface area contributed by atoms with E-state index in [4.69, 9.17) is 23.2 Å². The van der Waals surface area contributed by atoms with Gasteiger partial charge in [0, 0.05) is 29.1 Å². The quantitative estimate of drug-likeness (QED) is 0.873. The van der Waals surface area contributed by atoms with Gasteiger partial charge in [-0.25, -0.2) is 0 Å². The van der Waals surface area contributed by atoms with Crippen LogP contribution in [0.5, 0.6) is 0 Å². The van der Waals surface area contributed by atoms with Crippen molar-refractivity contribution in [2.75, 3.05) is 6.54 Å². The van der Waals surface area contributed by atoms with Crippen LogP contribution in [0.4, 0.5) is 0 Å². The van der Waals surface area contributed by atoms with Crippen molar-refractivity contribution >= 4 is 35.0 Å². The normalized spacial score (nSPS) is 22.9. The van der Waals surface area contributed by atoms with E-state index in [2.05, 4.69) is 5.32 Å². The summed E-state index contributed by atoms with van der Waals surface area (Å²) < 4.78 is 0. The van der Waals surface area contributed by atoms with Gasteiger partial charge >= 0.3 is 0 Å². The van der Waals surface area contributed by atoms with Crippen molar-refractivity contribution in [3.63, 3.8) is 0 Å². The highest BCUT2D eigenvalue weighted by atomic mass is 35.5. The molecule has 2 atom stereocenters. The molecule has 130 valence electrons. The van der Waals surface area contributed by atoms with Crippen molar-refractivity contribution < 1.29 is 9.59 Å². The summed E-state index contributed by atoms with van der Waals surface area (Å²) in [5.74, 6) is -0.242. The number of carbonyl (C=O) groups is 2. The van der Waals surface area contributed by atoms with E-state index in [9.17, 15) is 9.59 Å². The van der Waals surface area contributed by atoms with Gasteiger partial charge in [-0.2, -0.15) is 0 Å². The first-order chi connectivity index (χ1) is 11.5. The van der Waals surface area contributed by atoms with Crippen LogP contribution in [-0.2, 0) is 9.59 Å². The van der Waals surface area contributed by atoms with E-state index in [1.54, 1.807) is 12.1 Å². The molecule has 1 aromatic carbocycles. The highest BCUT2D eigenvalue weighted by Crippen LogP contribution is 2.30. The molecule has 1 aliphatic heterocycles. The van der Waals surface area contributed by atoms with E-state index in [1.165, 1.54) is 12.8 Å². The predicted molar refractivity (Wildman–Crippen MR) is 95.1 cm³/mol. The lowest BCUT2D eigenvalue weighted by Crippen LogP contribution is -2.37. The van der Waals surface area contributed by atoms with Gasteiger partial charge in [0.05, 0.1) is 12.0 Å². The highest BCUT2D eigenvalue weighted by molar-refractivity contribution is 6.35. The lowest BCUT2D eigenvalue weighted by Gasteiger charge is -2.24. The van der Waals surface area contributed by atoms with Gasteiger partial charge in [0.25, 0.3) is 0 Å². The van der Waals surface area contributed by atoms with Crippen LogP contribution in [0.3, 0.4) is 0 Å². The molecule has 2 aliphatic rings. The molecule has 0 unspecified atom stereocenters. The van der Waals surface area contributed by atoms with Gasteiger partial charge in [-0.1, -0.05) is 42.1 Å². The molecule has 3 rings (SSSR count). The zero-order valence-electron chi connectivity index (χ0n) is 13.7. The predicted octanol–water partition coefficient (Wildman–Crippen LogP) is 3.96. The number of nitrogens with zero attached hydrogens (tertiary/aromatic N) is 1. The Morgan fingerprint density at radius 2 is 2.00 bits per heavy atom. The molecule has 1 saturated heterocycles. The molecule has 0 bridgehead atoms. The molecule has 1 N–H and O–H groups in total. The SMILES string of the molecule is C[C@H](NC(=O)[C@@H]1CC(=O)N(C2CCCC2)C1)c1ccc(Cl)cc1Cl. The summed E-state index contributed by atoms with van der Waals surface area (Å²) in [6.07, 6.45) is 4.80. The second-order valence-electron chi connectivity index (χ2n) is 6.78. The van der Waals surface area contributed by atoms with Crippen LogP contribution < -0.4 is 5.32 Å². The summed E-state index contributed by atoms with van der Waals surface area (Å²) in [4.78, 5) is 26.7. The molecule has 1 aromatic rings. The highest BCUT2D eigenvalue weighted by Gasteiger charge is 2.38. The van der Waals surface area contributed by atoms with E-state index in [0.29, 0.717) is 29.1 Å². The Morgan fingerprint density at radius 3 is 2.67 bits per heavy atom. The van der Waals surface area contributed by atoms with Crippen LogP contribution in [0, 0.1) is 5.92 Å². The van der Waals surface area contributed by atoms with Crippen molar-refractivity contribution in [1.82, 2.24) is 10.2 Å². The van der Waals surface area contributed by atoms with Gasteiger partial charge < -0.3 is 10.2 Å². The first-order valence-electron chi connectivity index (χ1n) is 8.50. The maximum atomic E-state index is 12.6. The standard InChI is InChI=1S/C18H22Cl2N2O2/c1-11(15-7-6-13(19)9-16(15)20)21-18(24)12-8-17(23)22(10-12)14-4-2-3-5-14/h6-7,9,11-12,14H,2-5,8,10H2,1H3,(H,21,24)/t11-,12+/m0/s1. The lowest BCUT2D eigenvalue weighted by molar-refractivity contribution is -0.130. The second-order valence-corrected chi connectivity index (χ2v) is 7.63. The number of likely N-dealkylation sites (tertiary alicyclic amines) is 1. The van der Waals surface area contributed by atoms with Crippen molar-refractivity contribution in [1.29, 1.82) is 0 Å². The molecule has 1 saturated carbocycles. The van der Waals surface area contributed by atoms with Gasteiger partial charge in [-0.15, -0.1) is 0 Å². The molecule has 0 aromatic heterocycles. The number of hydrogen-bond acceptors (Lipinski definition) is 2. The maximum Gasteiger partial charge on any atom is 0.225 e. The molecular weight excluding hydrogens is 347 g/mol. The van der Waals surface area contributed by atoms with Gasteiger partial charge in [0.2, 0.25) is 11.8 Å². The minimum Gasteiger partial charge on any atom is -0.349 e. The van der Waals surface area contributed by atoms with E-state index >= 15 is 0 Å². The number of nitrogens with one attached hydrogen (secondary N) is 1. The largest absolute Gasteiger partial charge is 0.349 e. The Morgan fingerprint density at radius 1 is 1.29 bits per heavy atom. The molecule has 1 aliphatic carbocycles. The molecular formula is C18H22Cl2N2O2. The molecule has 24 heavy (non-hydrogen) atoms. The van der Waals surface area contributed by atoms with Gasteiger partial charge in [-0.05, 0) is 37.5 Å². The van der Waals surface area contributed by atoms with Crippen molar-refractivity contribution in [3.8, 4) is 0 Å². The molecule has 0 spiro atoms. The van der Waals surface area contributed by atoms with E-state index in [0.717, 1.165) is 18.4 Å². The topological polar surface area (TPSA) is 49.4 Å². The van der Waals surface area contributed by atoms with Gasteiger partial charge in [-0.3, -0.25) is 9.59 Å². The fourth-order valence-corrected chi connectivity index (χ4v) is 4.31. The number of carbonyl (C=O) groups excluding carboxylic acids is 2. The first kappa shape index (κ1) is 17.6. The van der Waals surface area contributed by atoms with Crippen molar-refractivity contribution in [3.05, 3.63) is 33.8 Å². The second kappa shape index (κ2) is 7.32. The zero-order valence-corrected chi connectivity index (χ0v) is 15.2. The monoisotopic (exact) mass is 368 g/mol. The summed E-state index contributed by atoms with van der Waals surface area (Å²) in [5, 5.41) is 4.08. The summed E-state index contributed by atoms with van der Waals surface area (Å²) in [5.41, 5.74) is 0.825. The Balaban J connectivity index is 1.61. The van der Waals surface area contributed by atoms with Crippen LogP contribution in [0.1, 0.15) is 50.6 Å². The Bertz CT molecular complexity index is 644. The molecule has 2 fully saturated rings. The molecule has 2 amide bonds. The van der Waals surface area contributed by atoms with Crippen molar-refractivity contribution in [2.45, 2.75) is 51.1 Å². The van der Waals surface area contributed by atoms with Gasteiger partial charge in [0.15, 0.2) is 0 Å². The Labute approximate surface area is 152 Å². The average molecular weight is 369 g/mol. The van der Waals surface area contributed by atoms with Crippen molar-refractivity contribution in [2.24, 2.45) is 5.92 Å². The molecule has 1 heterocycles. The summed E-state index contributed by atoms with van der Waals surface area (Å²) >= 11 is 12.1.